The number of benzene rings is 5. The van der Waals surface area contributed by atoms with Crippen molar-refractivity contribution in [2.24, 2.45) is 30.7 Å². The third kappa shape index (κ3) is 10.6. The molecule has 0 aliphatic carbocycles. The minimum atomic E-state index is -5.18. The van der Waals surface area contributed by atoms with E-state index in [1.54, 1.807) is 13.0 Å². The van der Waals surface area contributed by atoms with Gasteiger partial charge in [0.2, 0.25) is 11.6 Å². The summed E-state index contributed by atoms with van der Waals surface area (Å²) in [6.45, 7) is 2.54. The lowest BCUT2D eigenvalue weighted by Crippen LogP contribution is -2.04. The van der Waals surface area contributed by atoms with Crippen molar-refractivity contribution >= 4 is 77.1 Å². The van der Waals surface area contributed by atoms with Crippen molar-refractivity contribution in [2.75, 3.05) is 26.4 Å². The number of aryl methyl sites for hydroxylation is 2. The third-order valence-electron chi connectivity index (χ3n) is 9.63. The highest BCUT2D eigenvalue weighted by molar-refractivity contribution is 7.86. The number of hydrogen-bond acceptors (Lipinski definition) is 20. The number of hydrogen-bond donors (Lipinski definition) is 9. The lowest BCUT2D eigenvalue weighted by atomic mass is 10.1. The zero-order valence-corrected chi connectivity index (χ0v) is 37.1. The number of fused-ring (bicyclic) bond motifs is 1. The second-order valence-electron chi connectivity index (χ2n) is 14.3. The van der Waals surface area contributed by atoms with Gasteiger partial charge in [-0.3, -0.25) is 9.11 Å². The minimum Gasteiger partial charge on any atom is -0.505 e. The lowest BCUT2D eigenvalue weighted by molar-refractivity contribution is 0.0683. The maximum Gasteiger partial charge on any atom is 0.358 e. The molecule has 356 valence electrons. The Hall–Kier alpha value is -7.79. The van der Waals surface area contributed by atoms with Crippen LogP contribution in [0.2, 0.25) is 0 Å². The summed E-state index contributed by atoms with van der Waals surface area (Å²) in [6.07, 6.45) is -1.37. The largest absolute Gasteiger partial charge is 0.505 e. The topological polar surface area (TPSA) is 395 Å². The van der Waals surface area contributed by atoms with Crippen molar-refractivity contribution < 1.29 is 80.7 Å². The van der Waals surface area contributed by atoms with Crippen molar-refractivity contribution in [2.45, 2.75) is 36.7 Å². The van der Waals surface area contributed by atoms with Crippen molar-refractivity contribution in [3.8, 4) is 28.8 Å². The number of rotatable bonds is 18. The Morgan fingerprint density at radius 2 is 1.26 bits per heavy atom. The number of phenolic OH excluding ortho intramolecular Hbond substituents is 1. The molecule has 25 nitrogen and oxygen atoms in total. The molecule has 5 aromatic carbocycles. The van der Waals surface area contributed by atoms with Crippen LogP contribution in [0.4, 0.5) is 34.1 Å². The van der Waals surface area contributed by atoms with E-state index < -0.39 is 90.0 Å². The molecule has 1 aromatic heterocycles. The van der Waals surface area contributed by atoms with E-state index in [4.69, 9.17) is 9.47 Å². The average molecular weight is 979 g/mol. The Bertz CT molecular complexity index is 3320. The molecule has 0 radical (unpaired) electrons. The molecule has 9 N–H and O–H groups in total. The first-order valence-corrected chi connectivity index (χ1v) is 22.3. The van der Waals surface area contributed by atoms with Gasteiger partial charge >= 0.3 is 11.9 Å². The van der Waals surface area contributed by atoms with E-state index in [1.807, 2.05) is 0 Å². The molecule has 0 fully saturated rings. The van der Waals surface area contributed by atoms with Gasteiger partial charge < -0.3 is 45.2 Å². The van der Waals surface area contributed by atoms with E-state index in [2.05, 4.69) is 35.8 Å². The van der Waals surface area contributed by atoms with Crippen LogP contribution in [0.3, 0.4) is 0 Å². The van der Waals surface area contributed by atoms with E-state index in [0.29, 0.717) is 10.2 Å². The van der Waals surface area contributed by atoms with Crippen LogP contribution in [0.1, 0.15) is 50.6 Å². The standard InChI is InChI=1S/C41H38N8O17S2/c1-19-5-4-6-24(40(55)56)34(19)45-43-28-17-31(66-12-10-51)29(18-30(28)65-11-9-50)44-46-35-33(68(62,63)64)14-22-7-8-23(15-26(22)38(35)53)49-39(54)36(37(48-49)41(57)58)47-42-27-13-20(2)32(67(59,60)61)16-25(27)21(3)52/h4-8,13-18,21,50-54H,9-12H2,1-3H3,(H,55,56)(H,57,58)(H,59,60,61)(H,62,63,64)/b45-43+,46-44+,47-42+. The molecule has 0 aliphatic heterocycles. The van der Waals surface area contributed by atoms with E-state index in [-0.39, 0.29) is 80.6 Å². The quantitative estimate of drug-likeness (QED) is 0.0309. The molecule has 0 aliphatic rings. The first-order valence-electron chi connectivity index (χ1n) is 19.4. The predicted molar refractivity (Wildman–Crippen MR) is 235 cm³/mol. The van der Waals surface area contributed by atoms with Gasteiger partial charge in [-0.05, 0) is 73.7 Å². The Kier molecular flexibility index (Phi) is 14.6. The maximum absolute atomic E-state index is 12.7. The summed E-state index contributed by atoms with van der Waals surface area (Å²) >= 11 is 0. The molecule has 0 spiro atoms. The fourth-order valence-electron chi connectivity index (χ4n) is 6.47. The summed E-state index contributed by atoms with van der Waals surface area (Å²) in [5.74, 6) is -5.15. The summed E-state index contributed by atoms with van der Waals surface area (Å²) in [6, 6.07) is 13.4. The normalized spacial score (nSPS) is 12.7. The molecule has 27 heteroatoms. The Morgan fingerprint density at radius 3 is 1.81 bits per heavy atom. The summed E-state index contributed by atoms with van der Waals surface area (Å²) in [4.78, 5) is 22.7. The molecule has 1 unspecified atom stereocenters. The molecule has 0 amide bonds. The second-order valence-corrected chi connectivity index (χ2v) is 17.1. The van der Waals surface area contributed by atoms with E-state index in [0.717, 1.165) is 30.3 Å². The second kappa shape index (κ2) is 20.0. The van der Waals surface area contributed by atoms with Crippen LogP contribution < -0.4 is 9.47 Å². The molecule has 0 saturated carbocycles. The SMILES string of the molecule is Cc1cc(/N=N/c2c(C(=O)O)nn(-c3ccc4cc(S(=O)(=O)O)c(/N=N/c5cc(OCCO)c(/N=N/c6c(C)cccc6C(=O)O)cc5OCCO)c(O)c4c3)c2O)c(C(C)O)cc1S(=O)(=O)O. The van der Waals surface area contributed by atoms with Gasteiger partial charge in [0.05, 0.1) is 41.2 Å². The molecular weight excluding hydrogens is 941 g/mol. The van der Waals surface area contributed by atoms with Crippen molar-refractivity contribution in [1.29, 1.82) is 0 Å². The van der Waals surface area contributed by atoms with Crippen molar-refractivity contribution in [3.05, 3.63) is 94.7 Å². The van der Waals surface area contributed by atoms with Crippen molar-refractivity contribution in [3.63, 3.8) is 0 Å². The number of carboxylic acid groups (broad SMARTS) is 2. The van der Waals surface area contributed by atoms with Crippen LogP contribution in [0.15, 0.2) is 107 Å². The zero-order chi connectivity index (χ0) is 49.8. The van der Waals surface area contributed by atoms with Crippen LogP contribution in [0, 0.1) is 13.8 Å². The highest BCUT2D eigenvalue weighted by Gasteiger charge is 2.27. The Labute approximate surface area is 383 Å². The van der Waals surface area contributed by atoms with Gasteiger partial charge in [0.15, 0.2) is 11.4 Å². The highest BCUT2D eigenvalue weighted by atomic mass is 32.2. The number of azo groups is 3. The Balaban J connectivity index is 1.47. The maximum atomic E-state index is 12.7. The van der Waals surface area contributed by atoms with Gasteiger partial charge in [-0.25, -0.2) is 9.59 Å². The molecule has 1 heterocycles. The van der Waals surface area contributed by atoms with Gasteiger partial charge in [-0.1, -0.05) is 18.2 Å². The smallest absolute Gasteiger partial charge is 0.358 e. The molecule has 6 rings (SSSR count). The van der Waals surface area contributed by atoms with Crippen LogP contribution in [-0.4, -0.2) is 110 Å². The molecular formula is C41H38N8O17S2. The molecule has 0 bridgehead atoms. The number of carbonyl (C=O) groups is 2. The number of ether oxygens (including phenoxy) is 2. The van der Waals surface area contributed by atoms with Crippen LogP contribution in [-0.2, 0) is 20.2 Å². The molecule has 68 heavy (non-hydrogen) atoms. The first-order chi connectivity index (χ1) is 32.0. The fraction of sp³-hybridized carbons (Fsp3) is 0.195. The minimum absolute atomic E-state index is 0.00440. The summed E-state index contributed by atoms with van der Waals surface area (Å²) in [5.41, 5.74) is -2.96. The van der Waals surface area contributed by atoms with Crippen LogP contribution in [0.5, 0.6) is 23.1 Å². The third-order valence-corrected chi connectivity index (χ3v) is 11.5. The summed E-state index contributed by atoms with van der Waals surface area (Å²) in [5, 5.41) is 99.6. The van der Waals surface area contributed by atoms with Gasteiger partial charge in [0.1, 0.15) is 52.4 Å². The first kappa shape index (κ1) is 49.6. The molecule has 6 aromatic rings. The van der Waals surface area contributed by atoms with Gasteiger partial charge in [-0.15, -0.1) is 30.7 Å². The number of aromatic nitrogens is 2. The lowest BCUT2D eigenvalue weighted by Gasteiger charge is -2.13. The zero-order valence-electron chi connectivity index (χ0n) is 35.4. The number of aliphatic hydroxyl groups excluding tert-OH is 3. The number of aromatic hydroxyl groups is 2. The van der Waals surface area contributed by atoms with Crippen LogP contribution >= 0.6 is 0 Å². The van der Waals surface area contributed by atoms with Crippen molar-refractivity contribution in [1.82, 2.24) is 9.78 Å². The summed E-state index contributed by atoms with van der Waals surface area (Å²) < 4.78 is 81.0. The number of phenols is 1. The van der Waals surface area contributed by atoms with E-state index >= 15 is 0 Å². The number of carboxylic acids is 2. The number of aliphatic hydroxyl groups is 3. The summed E-state index contributed by atoms with van der Waals surface area (Å²) in [7, 11) is -9.91. The average Bonchev–Trinajstić information content (AvgIpc) is 3.60. The van der Waals surface area contributed by atoms with Crippen LogP contribution in [0.25, 0.3) is 16.5 Å². The number of nitrogens with zero attached hydrogens (tertiary/aromatic N) is 8. The Morgan fingerprint density at radius 1 is 0.691 bits per heavy atom. The van der Waals surface area contributed by atoms with Gasteiger partial charge in [0.25, 0.3) is 20.2 Å². The van der Waals surface area contributed by atoms with Gasteiger partial charge in [-0.2, -0.15) is 26.6 Å². The van der Waals surface area contributed by atoms with Gasteiger partial charge in [0, 0.05) is 23.1 Å². The molecule has 1 atom stereocenters. The monoisotopic (exact) mass is 978 g/mol. The number of aromatic carboxylic acids is 2. The highest BCUT2D eigenvalue weighted by Crippen LogP contribution is 2.46. The molecule has 0 saturated heterocycles. The van der Waals surface area contributed by atoms with E-state index in [1.165, 1.54) is 44.2 Å². The predicted octanol–water partition coefficient (Wildman–Crippen LogP) is 6.99. The fourth-order valence-corrected chi connectivity index (χ4v) is 7.87. The van der Waals surface area contributed by atoms with E-state index in [9.17, 15) is 71.3 Å².